The molecule has 0 unspecified atom stereocenters. The molecule has 0 aromatic heterocycles. The van der Waals surface area contributed by atoms with Gasteiger partial charge in [-0.1, -0.05) is 44.0 Å². The Labute approximate surface area is 128 Å². The molecule has 0 fully saturated rings. The van der Waals surface area contributed by atoms with Crippen molar-refractivity contribution in [1.82, 2.24) is 5.32 Å². The van der Waals surface area contributed by atoms with Gasteiger partial charge in [0.05, 0.1) is 0 Å². The number of hydrogen-bond acceptors (Lipinski definition) is 1. The van der Waals surface area contributed by atoms with E-state index in [0.717, 1.165) is 14.5 Å². The van der Waals surface area contributed by atoms with Gasteiger partial charge >= 0.3 is 0 Å². The van der Waals surface area contributed by atoms with Crippen LogP contribution >= 0.6 is 31.9 Å². The Morgan fingerprint density at radius 3 is 2.00 bits per heavy atom. The zero-order valence-corrected chi connectivity index (χ0v) is 13.1. The zero-order valence-electron chi connectivity index (χ0n) is 9.94. The molecule has 1 N–H and O–H groups in total. The van der Waals surface area contributed by atoms with Crippen molar-refractivity contribution in [3.8, 4) is 0 Å². The summed E-state index contributed by atoms with van der Waals surface area (Å²) in [6.07, 6.45) is 3.50. The molecule has 4 heteroatoms. The molecular weight excluding hydrogens is 370 g/mol. The van der Waals surface area contributed by atoms with Crippen LogP contribution in [0.4, 0.5) is 0 Å². The highest BCUT2D eigenvalue weighted by atomic mass is 79.9. The average Bonchev–Trinajstić information content (AvgIpc) is 2.41. The maximum Gasteiger partial charge on any atom is 0.255 e. The van der Waals surface area contributed by atoms with Crippen LogP contribution in [-0.4, -0.2) is 5.91 Å². The van der Waals surface area contributed by atoms with E-state index < -0.39 is 0 Å². The predicted molar refractivity (Wildman–Crippen MR) is 84.8 cm³/mol. The first-order valence-corrected chi connectivity index (χ1v) is 7.22. The van der Waals surface area contributed by atoms with Crippen LogP contribution in [0, 0.1) is 0 Å². The van der Waals surface area contributed by atoms with Gasteiger partial charge in [-0.25, -0.2) is 0 Å². The molecule has 0 radical (unpaired) electrons. The van der Waals surface area contributed by atoms with Gasteiger partial charge in [0.15, 0.2) is 0 Å². The van der Waals surface area contributed by atoms with Gasteiger partial charge in [0, 0.05) is 20.7 Å². The smallest absolute Gasteiger partial charge is 0.255 e. The molecule has 0 aliphatic carbocycles. The summed E-state index contributed by atoms with van der Waals surface area (Å²) in [4.78, 5) is 11.8. The lowest BCUT2D eigenvalue weighted by atomic mass is 10.2. The second kappa shape index (κ2) is 6.68. The average molecular weight is 381 g/mol. The molecule has 2 rings (SSSR count). The highest BCUT2D eigenvalue weighted by molar-refractivity contribution is 9.10. The topological polar surface area (TPSA) is 29.1 Å². The minimum atomic E-state index is -0.124. The Morgan fingerprint density at radius 2 is 1.42 bits per heavy atom. The van der Waals surface area contributed by atoms with E-state index in [1.807, 2.05) is 42.5 Å². The maximum atomic E-state index is 11.8. The Morgan fingerprint density at radius 1 is 0.895 bits per heavy atom. The molecule has 2 aromatic carbocycles. The Hall–Kier alpha value is -1.39. The molecule has 0 aliphatic rings. The van der Waals surface area contributed by atoms with Crippen LogP contribution in [0.15, 0.2) is 63.7 Å². The lowest BCUT2D eigenvalue weighted by Crippen LogP contribution is -2.16. The van der Waals surface area contributed by atoms with Crippen LogP contribution in [0.1, 0.15) is 15.9 Å². The quantitative estimate of drug-likeness (QED) is 0.827. The lowest BCUT2D eigenvalue weighted by Gasteiger charge is -2.00. The number of carbonyl (C=O) groups excluding carboxylic acids is 1. The summed E-state index contributed by atoms with van der Waals surface area (Å²) in [6, 6.07) is 15.1. The minimum absolute atomic E-state index is 0.124. The Bertz CT molecular complexity index is 589. The molecule has 1 amide bonds. The van der Waals surface area contributed by atoms with E-state index in [9.17, 15) is 4.79 Å². The van der Waals surface area contributed by atoms with Gasteiger partial charge in [-0.2, -0.15) is 0 Å². The maximum absolute atomic E-state index is 11.8. The summed E-state index contributed by atoms with van der Waals surface area (Å²) in [5.74, 6) is -0.124. The van der Waals surface area contributed by atoms with Crippen LogP contribution in [0.5, 0.6) is 0 Å². The molecule has 2 aromatic rings. The van der Waals surface area contributed by atoms with Crippen molar-refractivity contribution in [3.05, 3.63) is 74.8 Å². The second-order valence-electron chi connectivity index (χ2n) is 3.87. The molecule has 0 heterocycles. The Kier molecular flexibility index (Phi) is 4.93. The molecule has 0 bridgehead atoms. The number of benzene rings is 2. The third-order valence-electron chi connectivity index (χ3n) is 2.47. The van der Waals surface area contributed by atoms with E-state index in [0.29, 0.717) is 5.56 Å². The fraction of sp³-hybridized carbons (Fsp3) is 0. The van der Waals surface area contributed by atoms with Gasteiger partial charge < -0.3 is 5.32 Å². The van der Waals surface area contributed by atoms with Crippen molar-refractivity contribution in [2.45, 2.75) is 0 Å². The summed E-state index contributed by atoms with van der Waals surface area (Å²) >= 11 is 6.71. The van der Waals surface area contributed by atoms with E-state index in [1.165, 1.54) is 0 Å². The number of carbonyl (C=O) groups is 1. The lowest BCUT2D eigenvalue weighted by molar-refractivity contribution is 0.0970. The third-order valence-corrected chi connectivity index (χ3v) is 3.52. The Balaban J connectivity index is 1.96. The molecular formula is C15H11Br2NO. The number of nitrogens with one attached hydrogen (secondary N) is 1. The van der Waals surface area contributed by atoms with Crippen molar-refractivity contribution in [2.75, 3.05) is 0 Å². The summed E-state index contributed by atoms with van der Waals surface area (Å²) in [7, 11) is 0. The second-order valence-corrected chi connectivity index (χ2v) is 5.70. The van der Waals surface area contributed by atoms with Crippen molar-refractivity contribution in [2.24, 2.45) is 0 Å². The first-order chi connectivity index (χ1) is 9.15. The normalized spacial score (nSPS) is 10.6. The molecule has 0 saturated carbocycles. The van der Waals surface area contributed by atoms with Gasteiger partial charge in [-0.3, -0.25) is 4.79 Å². The molecule has 2 nitrogen and oxygen atoms in total. The highest BCUT2D eigenvalue weighted by Crippen LogP contribution is 2.12. The van der Waals surface area contributed by atoms with Crippen molar-refractivity contribution in [3.63, 3.8) is 0 Å². The number of rotatable bonds is 3. The SMILES string of the molecule is O=C(N/C=C/c1ccc(Br)cc1)c1ccc(Br)cc1. The molecule has 0 saturated heterocycles. The first kappa shape index (κ1) is 14.0. The largest absolute Gasteiger partial charge is 0.329 e. The van der Waals surface area contributed by atoms with Gasteiger partial charge in [-0.05, 0) is 48.0 Å². The summed E-state index contributed by atoms with van der Waals surface area (Å²) in [6.45, 7) is 0. The zero-order chi connectivity index (χ0) is 13.7. The van der Waals surface area contributed by atoms with Gasteiger partial charge in [0.2, 0.25) is 0 Å². The van der Waals surface area contributed by atoms with E-state index in [4.69, 9.17) is 0 Å². The van der Waals surface area contributed by atoms with Gasteiger partial charge in [0.1, 0.15) is 0 Å². The van der Waals surface area contributed by atoms with Gasteiger partial charge in [-0.15, -0.1) is 0 Å². The number of amides is 1. The minimum Gasteiger partial charge on any atom is -0.329 e. The van der Waals surface area contributed by atoms with E-state index in [2.05, 4.69) is 37.2 Å². The molecule has 0 atom stereocenters. The predicted octanol–water partition coefficient (Wildman–Crippen LogP) is 4.61. The summed E-state index contributed by atoms with van der Waals surface area (Å²) in [5, 5.41) is 2.73. The fourth-order valence-electron chi connectivity index (χ4n) is 1.47. The van der Waals surface area contributed by atoms with Crippen LogP contribution < -0.4 is 5.32 Å². The first-order valence-electron chi connectivity index (χ1n) is 5.64. The highest BCUT2D eigenvalue weighted by Gasteiger charge is 2.01. The number of halogens is 2. The van der Waals surface area contributed by atoms with E-state index >= 15 is 0 Å². The molecule has 19 heavy (non-hydrogen) atoms. The van der Waals surface area contributed by atoms with Crippen LogP contribution in [0.3, 0.4) is 0 Å². The molecule has 0 aliphatic heterocycles. The monoisotopic (exact) mass is 379 g/mol. The van der Waals surface area contributed by atoms with Crippen LogP contribution in [0.25, 0.3) is 6.08 Å². The van der Waals surface area contributed by atoms with Crippen LogP contribution in [-0.2, 0) is 0 Å². The van der Waals surface area contributed by atoms with Crippen molar-refractivity contribution >= 4 is 43.8 Å². The summed E-state index contributed by atoms with van der Waals surface area (Å²) < 4.78 is 1.98. The molecule has 96 valence electrons. The van der Waals surface area contributed by atoms with Crippen LogP contribution in [0.2, 0.25) is 0 Å². The fourth-order valence-corrected chi connectivity index (χ4v) is 2.00. The van der Waals surface area contributed by atoms with E-state index in [1.54, 1.807) is 18.3 Å². The van der Waals surface area contributed by atoms with Gasteiger partial charge in [0.25, 0.3) is 5.91 Å². The van der Waals surface area contributed by atoms with E-state index in [-0.39, 0.29) is 5.91 Å². The number of hydrogen-bond donors (Lipinski definition) is 1. The van der Waals surface area contributed by atoms with Crippen molar-refractivity contribution < 1.29 is 4.79 Å². The van der Waals surface area contributed by atoms with Crippen molar-refractivity contribution in [1.29, 1.82) is 0 Å². The molecule has 0 spiro atoms. The summed E-state index contributed by atoms with van der Waals surface area (Å²) in [5.41, 5.74) is 1.66. The standard InChI is InChI=1S/C15H11Br2NO/c16-13-5-1-11(2-6-13)9-10-18-15(19)12-3-7-14(17)8-4-12/h1-10H,(H,18,19)/b10-9+. The third kappa shape index (κ3) is 4.33.